The van der Waals surface area contributed by atoms with Gasteiger partial charge in [0.1, 0.15) is 0 Å². The Bertz CT molecular complexity index is 378. The molecular weight excluding hydrogens is 219 g/mol. The van der Waals surface area contributed by atoms with E-state index >= 15 is 0 Å². The van der Waals surface area contributed by atoms with Gasteiger partial charge in [-0.2, -0.15) is 13.2 Å². The van der Waals surface area contributed by atoms with Crippen LogP contribution in [0.5, 0.6) is 0 Å². The zero-order chi connectivity index (χ0) is 11.8. The second-order valence-electron chi connectivity index (χ2n) is 4.03. The highest BCUT2D eigenvalue weighted by Crippen LogP contribution is 2.38. The van der Waals surface area contributed by atoms with Crippen LogP contribution >= 0.6 is 0 Å². The fraction of sp³-hybridized carbons (Fsp3) is 0.545. The third kappa shape index (κ3) is 2.04. The van der Waals surface area contributed by atoms with Gasteiger partial charge in [0, 0.05) is 17.8 Å². The molecule has 5 heteroatoms. The van der Waals surface area contributed by atoms with Crippen LogP contribution in [0.2, 0.25) is 0 Å². The second-order valence-corrected chi connectivity index (χ2v) is 4.03. The van der Waals surface area contributed by atoms with Crippen molar-refractivity contribution in [3.05, 3.63) is 29.6 Å². The van der Waals surface area contributed by atoms with E-state index in [1.54, 1.807) is 12.1 Å². The van der Waals surface area contributed by atoms with Crippen LogP contribution in [0.15, 0.2) is 18.3 Å². The lowest BCUT2D eigenvalue weighted by molar-refractivity contribution is -0.211. The van der Waals surface area contributed by atoms with Gasteiger partial charge in [-0.15, -0.1) is 0 Å². The minimum absolute atomic E-state index is 0.338. The number of halogens is 3. The summed E-state index contributed by atoms with van der Waals surface area (Å²) in [5.74, 6) is -0.912. The number of rotatable bonds is 1. The number of nitrogens with zero attached hydrogens (tertiary/aromatic N) is 1. The van der Waals surface area contributed by atoms with E-state index in [1.165, 1.54) is 6.20 Å². The first-order valence-electron chi connectivity index (χ1n) is 5.18. The van der Waals surface area contributed by atoms with Crippen LogP contribution in [0.4, 0.5) is 13.2 Å². The Morgan fingerprint density at radius 2 is 2.19 bits per heavy atom. The molecule has 0 fully saturated rings. The molecule has 0 aromatic carbocycles. The SMILES string of the molecule is O[C@H](C1CCCc2cccnc21)C(F)(F)F. The van der Waals surface area contributed by atoms with E-state index in [0.717, 1.165) is 12.0 Å². The standard InChI is InChI=1S/C11H12F3NO/c12-11(13,14)10(16)8-5-1-3-7-4-2-6-15-9(7)8/h2,4,6,8,10,16H,1,3,5H2/t8?,10-/m1/s1. The van der Waals surface area contributed by atoms with Crippen molar-refractivity contribution < 1.29 is 18.3 Å². The third-order valence-electron chi connectivity index (χ3n) is 2.96. The van der Waals surface area contributed by atoms with Crippen molar-refractivity contribution in [1.82, 2.24) is 4.98 Å². The maximum absolute atomic E-state index is 12.4. The van der Waals surface area contributed by atoms with E-state index in [4.69, 9.17) is 0 Å². The topological polar surface area (TPSA) is 33.1 Å². The van der Waals surface area contributed by atoms with Crippen LogP contribution in [0.25, 0.3) is 0 Å². The zero-order valence-corrected chi connectivity index (χ0v) is 8.54. The molecule has 0 amide bonds. The molecule has 1 unspecified atom stereocenters. The molecule has 0 saturated heterocycles. The summed E-state index contributed by atoms with van der Waals surface area (Å²) in [5.41, 5.74) is 1.22. The molecule has 0 aliphatic heterocycles. The summed E-state index contributed by atoms with van der Waals surface area (Å²) in [4.78, 5) is 3.98. The number of hydrogen-bond donors (Lipinski definition) is 1. The molecule has 0 saturated carbocycles. The highest BCUT2D eigenvalue weighted by Gasteiger charge is 2.45. The predicted molar refractivity (Wildman–Crippen MR) is 52.0 cm³/mol. The van der Waals surface area contributed by atoms with E-state index in [0.29, 0.717) is 18.5 Å². The number of pyridine rings is 1. The normalized spacial score (nSPS) is 22.6. The largest absolute Gasteiger partial charge is 0.415 e. The van der Waals surface area contributed by atoms with Gasteiger partial charge < -0.3 is 5.11 Å². The minimum atomic E-state index is -4.57. The van der Waals surface area contributed by atoms with Crippen LogP contribution in [0.1, 0.15) is 30.0 Å². The molecule has 1 aromatic rings. The molecule has 2 rings (SSSR count). The van der Waals surface area contributed by atoms with Gasteiger partial charge >= 0.3 is 6.18 Å². The number of aromatic nitrogens is 1. The number of aliphatic hydroxyl groups excluding tert-OH is 1. The Kier molecular flexibility index (Phi) is 2.88. The number of hydrogen-bond acceptors (Lipinski definition) is 2. The van der Waals surface area contributed by atoms with Gasteiger partial charge in [0.25, 0.3) is 0 Å². The molecule has 16 heavy (non-hydrogen) atoms. The quantitative estimate of drug-likeness (QED) is 0.805. The predicted octanol–water partition coefficient (Wildman–Crippen LogP) is 2.42. The third-order valence-corrected chi connectivity index (χ3v) is 2.96. The minimum Gasteiger partial charge on any atom is -0.383 e. The summed E-state index contributed by atoms with van der Waals surface area (Å²) in [6, 6.07) is 3.48. The first-order chi connectivity index (χ1) is 7.50. The van der Waals surface area contributed by atoms with Crippen LogP contribution in [0, 0.1) is 0 Å². The smallest absolute Gasteiger partial charge is 0.383 e. The fourth-order valence-electron chi connectivity index (χ4n) is 2.18. The van der Waals surface area contributed by atoms with E-state index in [-0.39, 0.29) is 0 Å². The lowest BCUT2D eigenvalue weighted by atomic mass is 9.83. The zero-order valence-electron chi connectivity index (χ0n) is 8.54. The van der Waals surface area contributed by atoms with Crippen LogP contribution in [0.3, 0.4) is 0 Å². The molecule has 1 aromatic heterocycles. The maximum Gasteiger partial charge on any atom is 0.415 e. The summed E-state index contributed by atoms with van der Waals surface area (Å²) in [5, 5.41) is 9.29. The summed E-state index contributed by atoms with van der Waals surface area (Å²) in [6.07, 6.45) is -3.66. The summed E-state index contributed by atoms with van der Waals surface area (Å²) in [7, 11) is 0. The molecule has 1 aliphatic rings. The van der Waals surface area contributed by atoms with Gasteiger partial charge in [-0.25, -0.2) is 0 Å². The van der Waals surface area contributed by atoms with E-state index in [2.05, 4.69) is 4.98 Å². The fourth-order valence-corrected chi connectivity index (χ4v) is 2.18. The average molecular weight is 231 g/mol. The Hall–Kier alpha value is -1.10. The first kappa shape index (κ1) is 11.4. The number of aliphatic hydroxyl groups is 1. The molecule has 2 atom stereocenters. The summed E-state index contributed by atoms with van der Waals surface area (Å²) < 4.78 is 37.3. The summed E-state index contributed by atoms with van der Waals surface area (Å²) in [6.45, 7) is 0. The van der Waals surface area contributed by atoms with Crippen molar-refractivity contribution >= 4 is 0 Å². The average Bonchev–Trinajstić information content (AvgIpc) is 2.26. The molecule has 1 aliphatic carbocycles. The van der Waals surface area contributed by atoms with E-state index in [1.807, 2.05) is 0 Å². The molecule has 88 valence electrons. The van der Waals surface area contributed by atoms with Crippen molar-refractivity contribution in [2.75, 3.05) is 0 Å². The van der Waals surface area contributed by atoms with Gasteiger partial charge in [0.05, 0.1) is 0 Å². The second kappa shape index (κ2) is 4.05. The van der Waals surface area contributed by atoms with Crippen molar-refractivity contribution in [3.63, 3.8) is 0 Å². The number of aryl methyl sites for hydroxylation is 1. The van der Waals surface area contributed by atoms with Gasteiger partial charge in [-0.3, -0.25) is 4.98 Å². The highest BCUT2D eigenvalue weighted by atomic mass is 19.4. The molecule has 1 N–H and O–H groups in total. The lowest BCUT2D eigenvalue weighted by Crippen LogP contribution is -2.36. The molecule has 2 nitrogen and oxygen atoms in total. The monoisotopic (exact) mass is 231 g/mol. The molecule has 0 bridgehead atoms. The Morgan fingerprint density at radius 1 is 1.44 bits per heavy atom. The van der Waals surface area contributed by atoms with Crippen molar-refractivity contribution in [3.8, 4) is 0 Å². The van der Waals surface area contributed by atoms with Crippen molar-refractivity contribution in [2.24, 2.45) is 0 Å². The molecular formula is C11H12F3NO. The van der Waals surface area contributed by atoms with Gasteiger partial charge in [-0.05, 0) is 30.9 Å². The highest BCUT2D eigenvalue weighted by molar-refractivity contribution is 5.27. The van der Waals surface area contributed by atoms with Gasteiger partial charge in [0.15, 0.2) is 6.10 Å². The Labute approximate surface area is 91.1 Å². The van der Waals surface area contributed by atoms with Crippen LogP contribution in [-0.2, 0) is 6.42 Å². The van der Waals surface area contributed by atoms with Gasteiger partial charge in [-0.1, -0.05) is 6.07 Å². The van der Waals surface area contributed by atoms with Crippen molar-refractivity contribution in [1.29, 1.82) is 0 Å². The molecule has 1 heterocycles. The summed E-state index contributed by atoms with van der Waals surface area (Å²) >= 11 is 0. The Morgan fingerprint density at radius 3 is 2.88 bits per heavy atom. The maximum atomic E-state index is 12.4. The van der Waals surface area contributed by atoms with Crippen LogP contribution in [-0.4, -0.2) is 22.4 Å². The molecule has 0 radical (unpaired) electrons. The van der Waals surface area contributed by atoms with Gasteiger partial charge in [0.2, 0.25) is 0 Å². The Balaban J connectivity index is 2.32. The van der Waals surface area contributed by atoms with E-state index < -0.39 is 18.2 Å². The van der Waals surface area contributed by atoms with E-state index in [9.17, 15) is 18.3 Å². The number of alkyl halides is 3. The lowest BCUT2D eigenvalue weighted by Gasteiger charge is -2.29. The molecule has 0 spiro atoms. The number of fused-ring (bicyclic) bond motifs is 1. The van der Waals surface area contributed by atoms with Crippen LogP contribution < -0.4 is 0 Å². The first-order valence-corrected chi connectivity index (χ1v) is 5.18. The van der Waals surface area contributed by atoms with Crippen molar-refractivity contribution in [2.45, 2.75) is 37.5 Å².